The van der Waals surface area contributed by atoms with Crippen LogP contribution in [-0.4, -0.2) is 5.33 Å². The minimum Gasteiger partial charge on any atom is -0.243 e. The van der Waals surface area contributed by atoms with Gasteiger partial charge in [0.15, 0.2) is 5.70 Å². The van der Waals surface area contributed by atoms with Gasteiger partial charge in [-0.1, -0.05) is 27.4 Å². The van der Waals surface area contributed by atoms with E-state index in [-0.39, 0.29) is 0 Å². The molecule has 0 aromatic rings. The highest BCUT2D eigenvalue weighted by atomic mass is 79.9. The number of nitrogens with zero attached hydrogens (tertiary/aromatic N) is 1. The Labute approximate surface area is 114 Å². The molecule has 2 atom stereocenters. The predicted molar refractivity (Wildman–Crippen MR) is 76.6 cm³/mol. The first-order chi connectivity index (χ1) is 8.21. The van der Waals surface area contributed by atoms with Gasteiger partial charge in [0.05, 0.1) is 11.9 Å². The molecule has 2 aliphatic rings. The summed E-state index contributed by atoms with van der Waals surface area (Å²) in [6.45, 7) is 10.8. The molecule has 2 unspecified atom stereocenters. The quantitative estimate of drug-likeness (QED) is 0.343. The third kappa shape index (κ3) is 4.57. The maximum absolute atomic E-state index is 6.96. The minimum absolute atomic E-state index is 0.795. The smallest absolute Gasteiger partial charge is 0.161 e. The Bertz CT molecular complexity index is 364. The molecule has 2 rings (SSSR count). The van der Waals surface area contributed by atoms with Gasteiger partial charge < -0.3 is 0 Å². The summed E-state index contributed by atoms with van der Waals surface area (Å²) in [5, 5.41) is 0.795. The highest BCUT2D eigenvalue weighted by Gasteiger charge is 2.31. The Morgan fingerprint density at radius 3 is 2.35 bits per heavy atom. The molecule has 17 heavy (non-hydrogen) atoms. The SMILES string of the molecule is CC#CCBr.[C-]#[N+]C(C)=C1CC2CCC(C1)C2. The Balaban J connectivity index is 0.000000249. The van der Waals surface area contributed by atoms with E-state index in [2.05, 4.69) is 32.6 Å². The third-order valence-corrected chi connectivity index (χ3v) is 3.92. The standard InChI is InChI=1S/C11H15N.C4H5Br/c1-8(12-2)11-6-9-3-4-10(5-9)7-11;1-2-3-4-5/h9-10H,3-7H2,1H3;4H2,1H3. The first-order valence-corrected chi connectivity index (χ1v) is 7.35. The molecule has 2 aliphatic carbocycles. The van der Waals surface area contributed by atoms with Crippen molar-refractivity contribution >= 4 is 15.9 Å². The monoisotopic (exact) mass is 293 g/mol. The first-order valence-electron chi connectivity index (χ1n) is 6.22. The second kappa shape index (κ2) is 7.57. The van der Waals surface area contributed by atoms with Crippen LogP contribution >= 0.6 is 15.9 Å². The average Bonchev–Trinajstić information content (AvgIpc) is 2.69. The molecule has 0 heterocycles. The summed E-state index contributed by atoms with van der Waals surface area (Å²) in [5.41, 5.74) is 2.44. The fraction of sp³-hybridized carbons (Fsp3) is 0.667. The number of hydrogen-bond acceptors (Lipinski definition) is 0. The van der Waals surface area contributed by atoms with Crippen LogP contribution in [0.5, 0.6) is 0 Å². The van der Waals surface area contributed by atoms with Crippen LogP contribution in [0.25, 0.3) is 4.85 Å². The molecular weight excluding hydrogens is 274 g/mol. The number of allylic oxidation sites excluding steroid dienone is 2. The van der Waals surface area contributed by atoms with Crippen molar-refractivity contribution in [2.75, 3.05) is 5.33 Å². The molecule has 2 saturated carbocycles. The van der Waals surface area contributed by atoms with E-state index in [1.165, 1.54) is 37.7 Å². The van der Waals surface area contributed by atoms with Gasteiger partial charge in [0.2, 0.25) is 0 Å². The van der Waals surface area contributed by atoms with Crippen molar-refractivity contribution in [2.45, 2.75) is 46.0 Å². The van der Waals surface area contributed by atoms with E-state index in [4.69, 9.17) is 6.57 Å². The molecule has 2 bridgehead atoms. The van der Waals surface area contributed by atoms with Crippen molar-refractivity contribution in [2.24, 2.45) is 11.8 Å². The molecule has 92 valence electrons. The highest BCUT2D eigenvalue weighted by molar-refractivity contribution is 9.09. The highest BCUT2D eigenvalue weighted by Crippen LogP contribution is 2.45. The molecule has 0 spiro atoms. The van der Waals surface area contributed by atoms with Gasteiger partial charge in [-0.15, -0.1) is 5.92 Å². The number of halogens is 1. The van der Waals surface area contributed by atoms with Crippen molar-refractivity contribution < 1.29 is 0 Å². The molecule has 0 N–H and O–H groups in total. The van der Waals surface area contributed by atoms with Gasteiger partial charge in [-0.3, -0.25) is 0 Å². The maximum Gasteiger partial charge on any atom is 0.161 e. The Kier molecular flexibility index (Phi) is 6.38. The second-order valence-corrected chi connectivity index (χ2v) is 5.38. The van der Waals surface area contributed by atoms with E-state index >= 15 is 0 Å². The Hall–Kier alpha value is -0.730. The first kappa shape index (κ1) is 14.3. The normalized spacial score (nSPS) is 24.9. The van der Waals surface area contributed by atoms with Crippen LogP contribution < -0.4 is 0 Å². The van der Waals surface area contributed by atoms with Crippen molar-refractivity contribution in [3.05, 3.63) is 22.7 Å². The lowest BCUT2D eigenvalue weighted by Gasteiger charge is -2.22. The van der Waals surface area contributed by atoms with Crippen LogP contribution in [0.2, 0.25) is 0 Å². The number of fused-ring (bicyclic) bond motifs is 2. The molecule has 0 aromatic heterocycles. The second-order valence-electron chi connectivity index (χ2n) is 4.81. The van der Waals surface area contributed by atoms with Crippen LogP contribution in [0, 0.1) is 30.2 Å². The van der Waals surface area contributed by atoms with Gasteiger partial charge in [-0.05, 0) is 57.8 Å². The van der Waals surface area contributed by atoms with E-state index in [1.807, 2.05) is 13.8 Å². The summed E-state index contributed by atoms with van der Waals surface area (Å²) < 4.78 is 0. The molecular formula is C15H20BrN. The molecule has 2 heteroatoms. The summed E-state index contributed by atoms with van der Waals surface area (Å²) in [7, 11) is 0. The summed E-state index contributed by atoms with van der Waals surface area (Å²) >= 11 is 3.14. The van der Waals surface area contributed by atoms with Crippen LogP contribution in [0.1, 0.15) is 46.0 Å². The molecule has 0 amide bonds. The molecule has 0 aromatic carbocycles. The van der Waals surface area contributed by atoms with Crippen molar-refractivity contribution in [3.63, 3.8) is 0 Å². The average molecular weight is 294 g/mol. The summed E-state index contributed by atoms with van der Waals surface area (Å²) in [6.07, 6.45) is 6.73. The zero-order valence-electron chi connectivity index (χ0n) is 10.7. The van der Waals surface area contributed by atoms with Gasteiger partial charge in [0.1, 0.15) is 0 Å². The van der Waals surface area contributed by atoms with E-state index in [0.29, 0.717) is 0 Å². The van der Waals surface area contributed by atoms with Crippen LogP contribution in [-0.2, 0) is 0 Å². The summed E-state index contributed by atoms with van der Waals surface area (Å²) in [4.78, 5) is 3.54. The lowest BCUT2D eigenvalue weighted by atomic mass is 9.84. The van der Waals surface area contributed by atoms with E-state index in [9.17, 15) is 0 Å². The van der Waals surface area contributed by atoms with Crippen LogP contribution in [0.3, 0.4) is 0 Å². The molecule has 0 aliphatic heterocycles. The van der Waals surface area contributed by atoms with E-state index in [1.54, 1.807) is 0 Å². The number of hydrogen-bond donors (Lipinski definition) is 0. The zero-order chi connectivity index (χ0) is 12.7. The van der Waals surface area contributed by atoms with Gasteiger partial charge in [-0.2, -0.15) is 0 Å². The van der Waals surface area contributed by atoms with Gasteiger partial charge in [0.25, 0.3) is 0 Å². The topological polar surface area (TPSA) is 4.36 Å². The van der Waals surface area contributed by atoms with Gasteiger partial charge in [0, 0.05) is 0 Å². The van der Waals surface area contributed by atoms with Crippen molar-refractivity contribution in [1.82, 2.24) is 0 Å². The molecule has 1 nitrogen and oxygen atoms in total. The number of alkyl halides is 1. The van der Waals surface area contributed by atoms with Crippen LogP contribution in [0.15, 0.2) is 11.3 Å². The van der Waals surface area contributed by atoms with Crippen molar-refractivity contribution in [1.29, 1.82) is 0 Å². The Morgan fingerprint density at radius 1 is 1.41 bits per heavy atom. The molecule has 0 radical (unpaired) electrons. The van der Waals surface area contributed by atoms with Gasteiger partial charge >= 0.3 is 0 Å². The fourth-order valence-corrected chi connectivity index (χ4v) is 3.05. The fourth-order valence-electron chi connectivity index (χ4n) is 2.77. The predicted octanol–water partition coefficient (Wildman–Crippen LogP) is 4.79. The van der Waals surface area contributed by atoms with Gasteiger partial charge in [-0.25, -0.2) is 4.85 Å². The lowest BCUT2D eigenvalue weighted by Crippen LogP contribution is -2.08. The van der Waals surface area contributed by atoms with E-state index < -0.39 is 0 Å². The Morgan fingerprint density at radius 2 is 2.00 bits per heavy atom. The van der Waals surface area contributed by atoms with Crippen LogP contribution in [0.4, 0.5) is 0 Å². The van der Waals surface area contributed by atoms with Crippen molar-refractivity contribution in [3.8, 4) is 11.8 Å². The molecule has 2 fully saturated rings. The largest absolute Gasteiger partial charge is 0.243 e. The maximum atomic E-state index is 6.96. The third-order valence-electron chi connectivity index (χ3n) is 3.64. The van der Waals surface area contributed by atoms with E-state index in [0.717, 1.165) is 22.9 Å². The molecule has 0 saturated heterocycles. The summed E-state index contributed by atoms with van der Waals surface area (Å²) in [5.74, 6) is 7.35. The lowest BCUT2D eigenvalue weighted by molar-refractivity contribution is 0.424. The minimum atomic E-state index is 0.795. The number of rotatable bonds is 0. The summed E-state index contributed by atoms with van der Waals surface area (Å²) in [6, 6.07) is 0. The zero-order valence-corrected chi connectivity index (χ0v) is 12.3.